The van der Waals surface area contributed by atoms with E-state index in [0.717, 1.165) is 42.5 Å². The molecule has 8 heteroatoms. The van der Waals surface area contributed by atoms with Crippen LogP contribution in [0.1, 0.15) is 49.2 Å². The Morgan fingerprint density at radius 3 is 2.09 bits per heavy atom. The van der Waals surface area contributed by atoms with E-state index in [1.807, 2.05) is 64.1 Å². The average Bonchev–Trinajstić information content (AvgIpc) is 2.80. The zero-order chi connectivity index (χ0) is 23.2. The van der Waals surface area contributed by atoms with Crippen LogP contribution in [0.3, 0.4) is 0 Å². The fourth-order valence-electron chi connectivity index (χ4n) is 3.11. The van der Waals surface area contributed by atoms with Crippen LogP contribution in [0.25, 0.3) is 0 Å². The first-order valence-electron chi connectivity index (χ1n) is 11.4. The molecule has 0 aliphatic heterocycles. The number of benzene rings is 2. The molecule has 3 N–H and O–H groups in total. The monoisotopic (exact) mass is 568 g/mol. The summed E-state index contributed by atoms with van der Waals surface area (Å²) in [4.78, 5) is 16.5. The highest BCUT2D eigenvalue weighted by Gasteiger charge is 2.07. The molecule has 0 saturated heterocycles. The van der Waals surface area contributed by atoms with E-state index in [1.54, 1.807) is 0 Å². The molecule has 0 bridgehead atoms. The summed E-state index contributed by atoms with van der Waals surface area (Å²) in [6, 6.07) is 13.6. The standard InChI is InChI=1S/C25H36N4O3.HI/c1-5-26-24(30)21-12-9-20(10-13-21)18-29-25(27-6-2)28-16-15-19-11-14-22(31-7-3)23(17-19)32-8-4;/h9-14,17H,5-8,15-16,18H2,1-4H3,(H,26,30)(H2,27,28,29);1H. The number of carbonyl (C=O) groups excluding carboxylic acids is 1. The molecule has 0 spiro atoms. The number of hydrogen-bond acceptors (Lipinski definition) is 4. The maximum absolute atomic E-state index is 11.9. The van der Waals surface area contributed by atoms with Crippen LogP contribution in [-0.2, 0) is 13.0 Å². The normalized spacial score (nSPS) is 10.7. The number of nitrogens with zero attached hydrogens (tertiary/aromatic N) is 1. The molecule has 182 valence electrons. The number of guanidine groups is 1. The molecular weight excluding hydrogens is 531 g/mol. The van der Waals surface area contributed by atoms with E-state index in [4.69, 9.17) is 9.47 Å². The minimum absolute atomic E-state index is 0. The first-order valence-corrected chi connectivity index (χ1v) is 11.4. The lowest BCUT2D eigenvalue weighted by Gasteiger charge is -2.14. The predicted molar refractivity (Wildman–Crippen MR) is 145 cm³/mol. The van der Waals surface area contributed by atoms with E-state index < -0.39 is 0 Å². The quantitative estimate of drug-likeness (QED) is 0.204. The third-order valence-corrected chi connectivity index (χ3v) is 4.63. The van der Waals surface area contributed by atoms with Crippen molar-refractivity contribution in [3.63, 3.8) is 0 Å². The van der Waals surface area contributed by atoms with Crippen molar-refractivity contribution < 1.29 is 14.3 Å². The van der Waals surface area contributed by atoms with Gasteiger partial charge in [-0.3, -0.25) is 4.79 Å². The third-order valence-electron chi connectivity index (χ3n) is 4.63. The van der Waals surface area contributed by atoms with E-state index in [-0.39, 0.29) is 29.9 Å². The molecule has 2 rings (SSSR count). The van der Waals surface area contributed by atoms with Crippen LogP contribution in [0.5, 0.6) is 11.5 Å². The van der Waals surface area contributed by atoms with Crippen LogP contribution < -0.4 is 25.4 Å². The van der Waals surface area contributed by atoms with E-state index >= 15 is 0 Å². The summed E-state index contributed by atoms with van der Waals surface area (Å²) < 4.78 is 11.3. The maximum atomic E-state index is 11.9. The number of hydrogen-bond donors (Lipinski definition) is 3. The topological polar surface area (TPSA) is 84.0 Å². The van der Waals surface area contributed by atoms with Crippen molar-refractivity contribution in [2.24, 2.45) is 4.99 Å². The van der Waals surface area contributed by atoms with Crippen LogP contribution in [0.2, 0.25) is 0 Å². The summed E-state index contributed by atoms with van der Waals surface area (Å²) in [6.07, 6.45) is 0.831. The van der Waals surface area contributed by atoms with Crippen LogP contribution in [-0.4, -0.2) is 44.7 Å². The first-order chi connectivity index (χ1) is 15.6. The number of amides is 1. The summed E-state index contributed by atoms with van der Waals surface area (Å²) in [5, 5.41) is 9.46. The lowest BCUT2D eigenvalue weighted by atomic mass is 10.1. The molecule has 0 fully saturated rings. The molecule has 0 saturated carbocycles. The molecule has 0 aliphatic carbocycles. The SMILES string of the molecule is CCNC(=O)c1ccc(CN=C(NCC)NCCc2ccc(OCC)c(OCC)c2)cc1.I. The van der Waals surface area contributed by atoms with Crippen molar-refractivity contribution in [1.29, 1.82) is 0 Å². The number of rotatable bonds is 12. The zero-order valence-electron chi connectivity index (χ0n) is 20.1. The van der Waals surface area contributed by atoms with Gasteiger partial charge in [0.25, 0.3) is 5.91 Å². The van der Waals surface area contributed by atoms with E-state index in [2.05, 4.69) is 27.0 Å². The summed E-state index contributed by atoms with van der Waals surface area (Å²) in [5.41, 5.74) is 2.87. The minimum atomic E-state index is -0.0562. The van der Waals surface area contributed by atoms with Crippen molar-refractivity contribution in [3.8, 4) is 11.5 Å². The number of aliphatic imine (C=N–C) groups is 1. The Kier molecular flexibility index (Phi) is 14.0. The van der Waals surface area contributed by atoms with Crippen LogP contribution in [0.15, 0.2) is 47.5 Å². The molecule has 0 heterocycles. The van der Waals surface area contributed by atoms with Gasteiger partial charge in [0, 0.05) is 25.2 Å². The molecule has 0 aromatic heterocycles. The predicted octanol–water partition coefficient (Wildman–Crippen LogP) is 4.15. The lowest BCUT2D eigenvalue weighted by molar-refractivity contribution is 0.0956. The molecule has 0 unspecified atom stereocenters. The number of carbonyl (C=O) groups is 1. The fraction of sp³-hybridized carbons (Fsp3) is 0.440. The molecule has 2 aromatic carbocycles. The van der Waals surface area contributed by atoms with E-state index in [0.29, 0.717) is 31.9 Å². The highest BCUT2D eigenvalue weighted by atomic mass is 127. The average molecular weight is 569 g/mol. The van der Waals surface area contributed by atoms with E-state index in [1.165, 1.54) is 5.56 Å². The van der Waals surface area contributed by atoms with Gasteiger partial charge in [-0.2, -0.15) is 0 Å². The molecule has 0 aliphatic rings. The molecule has 0 radical (unpaired) electrons. The molecule has 0 atom stereocenters. The fourth-order valence-corrected chi connectivity index (χ4v) is 3.11. The van der Waals surface area contributed by atoms with Crippen LogP contribution in [0.4, 0.5) is 0 Å². The molecule has 7 nitrogen and oxygen atoms in total. The second-order valence-electron chi connectivity index (χ2n) is 7.08. The summed E-state index contributed by atoms with van der Waals surface area (Å²) >= 11 is 0. The van der Waals surface area contributed by atoms with Gasteiger partial charge < -0.3 is 25.4 Å². The largest absolute Gasteiger partial charge is 0.490 e. The van der Waals surface area contributed by atoms with E-state index in [9.17, 15) is 4.79 Å². The van der Waals surface area contributed by atoms with Gasteiger partial charge in [0.15, 0.2) is 17.5 Å². The molecular formula is C25H37IN4O3. The van der Waals surface area contributed by atoms with Gasteiger partial charge in [-0.15, -0.1) is 24.0 Å². The van der Waals surface area contributed by atoms with Crippen molar-refractivity contribution in [2.75, 3.05) is 32.8 Å². The Balaban J connectivity index is 0.00000544. The Morgan fingerprint density at radius 1 is 0.818 bits per heavy atom. The third kappa shape index (κ3) is 9.89. The lowest BCUT2D eigenvalue weighted by Crippen LogP contribution is -2.38. The number of halogens is 1. The molecule has 33 heavy (non-hydrogen) atoms. The van der Waals surface area contributed by atoms with Crippen molar-refractivity contribution >= 4 is 35.8 Å². The Bertz CT molecular complexity index is 872. The Labute approximate surface area is 214 Å². The summed E-state index contributed by atoms with van der Waals surface area (Å²) in [6.45, 7) is 11.8. The summed E-state index contributed by atoms with van der Waals surface area (Å²) in [5.74, 6) is 2.26. The summed E-state index contributed by atoms with van der Waals surface area (Å²) in [7, 11) is 0. The van der Waals surface area contributed by atoms with Gasteiger partial charge in [0.05, 0.1) is 19.8 Å². The Morgan fingerprint density at radius 2 is 1.45 bits per heavy atom. The smallest absolute Gasteiger partial charge is 0.251 e. The van der Waals surface area contributed by atoms with Gasteiger partial charge >= 0.3 is 0 Å². The van der Waals surface area contributed by atoms with Gasteiger partial charge in [-0.1, -0.05) is 18.2 Å². The van der Waals surface area contributed by atoms with Crippen molar-refractivity contribution in [1.82, 2.24) is 16.0 Å². The van der Waals surface area contributed by atoms with Gasteiger partial charge in [0.2, 0.25) is 0 Å². The van der Waals surface area contributed by atoms with Crippen LogP contribution >= 0.6 is 24.0 Å². The van der Waals surface area contributed by atoms with Gasteiger partial charge in [0.1, 0.15) is 0 Å². The highest BCUT2D eigenvalue weighted by Crippen LogP contribution is 2.28. The zero-order valence-corrected chi connectivity index (χ0v) is 22.4. The second kappa shape index (κ2) is 16.2. The Hall–Kier alpha value is -2.49. The second-order valence-corrected chi connectivity index (χ2v) is 7.08. The molecule has 1 amide bonds. The number of nitrogens with one attached hydrogen (secondary N) is 3. The molecule has 2 aromatic rings. The maximum Gasteiger partial charge on any atom is 0.251 e. The van der Waals surface area contributed by atoms with Crippen molar-refractivity contribution in [3.05, 3.63) is 59.2 Å². The number of ether oxygens (including phenoxy) is 2. The minimum Gasteiger partial charge on any atom is -0.490 e. The van der Waals surface area contributed by atoms with Gasteiger partial charge in [-0.25, -0.2) is 4.99 Å². The first kappa shape index (κ1) is 28.5. The van der Waals surface area contributed by atoms with Crippen molar-refractivity contribution in [2.45, 2.75) is 40.7 Å². The van der Waals surface area contributed by atoms with Gasteiger partial charge in [-0.05, 0) is 69.5 Å². The highest BCUT2D eigenvalue weighted by molar-refractivity contribution is 14.0. The van der Waals surface area contributed by atoms with Crippen LogP contribution in [0, 0.1) is 0 Å².